The summed E-state index contributed by atoms with van der Waals surface area (Å²) in [7, 11) is 1.74. The number of nitrogens with zero attached hydrogens (tertiary/aromatic N) is 1. The Hall–Kier alpha value is -2.31. The third-order valence-corrected chi connectivity index (χ3v) is 2.18. The van der Waals surface area contributed by atoms with Crippen LogP contribution >= 0.6 is 0 Å². The topological polar surface area (TPSA) is 109 Å². The minimum atomic E-state index is -0.610. The summed E-state index contributed by atoms with van der Waals surface area (Å²) in [5, 5.41) is 7.93. The minimum Gasteiger partial charge on any atom is -0.373 e. The fourth-order valence-electron chi connectivity index (χ4n) is 1.39. The van der Waals surface area contributed by atoms with Gasteiger partial charge in [-0.05, 0) is 19.1 Å². The first-order valence-electron chi connectivity index (χ1n) is 5.51. The zero-order valence-electron chi connectivity index (χ0n) is 10.4. The average molecular weight is 251 g/mol. The Morgan fingerprint density at radius 1 is 1.28 bits per heavy atom. The summed E-state index contributed by atoms with van der Waals surface area (Å²) in [6, 6.07) is 2.74. The first kappa shape index (κ1) is 13.8. The Kier molecular flexibility index (Phi) is 4.91. The smallest absolute Gasteiger partial charge is 0.312 e. The SMILES string of the molecule is CNc1cc(C(=O)NCCNC(N)=O)cc(C)n1. The lowest BCUT2D eigenvalue weighted by Crippen LogP contribution is -2.37. The number of primary amides is 1. The van der Waals surface area contributed by atoms with Crippen molar-refractivity contribution in [3.63, 3.8) is 0 Å². The number of carbonyl (C=O) groups is 2. The van der Waals surface area contributed by atoms with Crippen molar-refractivity contribution in [1.82, 2.24) is 15.6 Å². The number of aryl methyl sites for hydroxylation is 1. The maximum Gasteiger partial charge on any atom is 0.312 e. The largest absolute Gasteiger partial charge is 0.373 e. The summed E-state index contributed by atoms with van der Waals surface area (Å²) in [5.41, 5.74) is 6.17. The fraction of sp³-hybridized carbons (Fsp3) is 0.364. The Morgan fingerprint density at radius 2 is 1.94 bits per heavy atom. The molecule has 5 N–H and O–H groups in total. The first-order chi connectivity index (χ1) is 8.52. The molecule has 0 unspecified atom stereocenters. The second-order valence-corrected chi connectivity index (χ2v) is 3.68. The van der Waals surface area contributed by atoms with Gasteiger partial charge in [-0.15, -0.1) is 0 Å². The van der Waals surface area contributed by atoms with Crippen LogP contribution in [0.5, 0.6) is 0 Å². The van der Waals surface area contributed by atoms with E-state index in [0.29, 0.717) is 24.5 Å². The van der Waals surface area contributed by atoms with Crippen LogP contribution in [0.4, 0.5) is 10.6 Å². The van der Waals surface area contributed by atoms with E-state index >= 15 is 0 Å². The van der Waals surface area contributed by atoms with Crippen molar-refractivity contribution in [1.29, 1.82) is 0 Å². The number of hydrogen-bond acceptors (Lipinski definition) is 4. The van der Waals surface area contributed by atoms with Crippen LogP contribution in [0.25, 0.3) is 0 Å². The fourth-order valence-corrected chi connectivity index (χ4v) is 1.39. The van der Waals surface area contributed by atoms with Crippen LogP contribution in [0.15, 0.2) is 12.1 Å². The van der Waals surface area contributed by atoms with Crippen LogP contribution in [-0.2, 0) is 0 Å². The maximum absolute atomic E-state index is 11.8. The highest BCUT2D eigenvalue weighted by molar-refractivity contribution is 5.95. The number of nitrogens with two attached hydrogens (primary N) is 1. The summed E-state index contributed by atoms with van der Waals surface area (Å²) >= 11 is 0. The molecule has 0 atom stereocenters. The molecule has 0 saturated carbocycles. The second kappa shape index (κ2) is 6.43. The standard InChI is InChI=1S/C11H17N5O2/c1-7-5-8(6-9(13-2)16-7)10(17)14-3-4-15-11(12)18/h5-6H,3-4H2,1-2H3,(H,13,16)(H,14,17)(H3,12,15,18). The summed E-state index contributed by atoms with van der Waals surface area (Å²) in [6.07, 6.45) is 0. The van der Waals surface area contributed by atoms with Crippen LogP contribution in [-0.4, -0.2) is 37.1 Å². The van der Waals surface area contributed by atoms with Gasteiger partial charge in [0.15, 0.2) is 0 Å². The third kappa shape index (κ3) is 4.28. The number of urea groups is 1. The molecule has 0 fully saturated rings. The predicted octanol–water partition coefficient (Wildman–Crippen LogP) is -0.170. The van der Waals surface area contributed by atoms with Gasteiger partial charge in [0.1, 0.15) is 5.82 Å². The highest BCUT2D eigenvalue weighted by atomic mass is 16.2. The van der Waals surface area contributed by atoms with Crippen LogP contribution in [0.3, 0.4) is 0 Å². The summed E-state index contributed by atoms with van der Waals surface area (Å²) < 4.78 is 0. The Bertz CT molecular complexity index is 447. The molecular formula is C11H17N5O2. The van der Waals surface area contributed by atoms with E-state index in [9.17, 15) is 9.59 Å². The van der Waals surface area contributed by atoms with Gasteiger partial charge in [-0.3, -0.25) is 4.79 Å². The molecule has 18 heavy (non-hydrogen) atoms. The molecule has 1 aromatic rings. The van der Waals surface area contributed by atoms with E-state index in [2.05, 4.69) is 20.9 Å². The summed E-state index contributed by atoms with van der Waals surface area (Å²) in [5.74, 6) is 0.415. The lowest BCUT2D eigenvalue weighted by Gasteiger charge is -2.08. The lowest BCUT2D eigenvalue weighted by atomic mass is 10.2. The van der Waals surface area contributed by atoms with E-state index in [1.165, 1.54) is 0 Å². The molecule has 1 heterocycles. The number of nitrogens with one attached hydrogen (secondary N) is 3. The predicted molar refractivity (Wildman–Crippen MR) is 68.4 cm³/mol. The van der Waals surface area contributed by atoms with Gasteiger partial charge in [0.25, 0.3) is 5.91 Å². The van der Waals surface area contributed by atoms with Crippen molar-refractivity contribution in [3.8, 4) is 0 Å². The van der Waals surface area contributed by atoms with Crippen LogP contribution in [0.1, 0.15) is 16.1 Å². The molecule has 0 bridgehead atoms. The second-order valence-electron chi connectivity index (χ2n) is 3.68. The van der Waals surface area contributed by atoms with Gasteiger partial charge < -0.3 is 21.7 Å². The maximum atomic E-state index is 11.8. The molecule has 7 nitrogen and oxygen atoms in total. The summed E-state index contributed by atoms with van der Waals surface area (Å²) in [6.45, 7) is 2.42. The van der Waals surface area contributed by atoms with Gasteiger partial charge >= 0.3 is 6.03 Å². The number of pyridine rings is 1. The number of rotatable bonds is 5. The van der Waals surface area contributed by atoms with Crippen molar-refractivity contribution >= 4 is 17.8 Å². The van der Waals surface area contributed by atoms with Gasteiger partial charge in [-0.2, -0.15) is 0 Å². The van der Waals surface area contributed by atoms with E-state index in [1.807, 2.05) is 6.92 Å². The molecule has 7 heteroatoms. The number of anilines is 1. The van der Waals surface area contributed by atoms with Gasteiger partial charge in [-0.1, -0.05) is 0 Å². The molecule has 0 aliphatic heterocycles. The minimum absolute atomic E-state index is 0.219. The molecular weight excluding hydrogens is 234 g/mol. The quantitative estimate of drug-likeness (QED) is 0.545. The van der Waals surface area contributed by atoms with Gasteiger partial charge in [-0.25, -0.2) is 9.78 Å². The zero-order chi connectivity index (χ0) is 13.5. The number of aromatic nitrogens is 1. The molecule has 1 rings (SSSR count). The Balaban J connectivity index is 2.55. The molecule has 0 radical (unpaired) electrons. The number of amides is 3. The van der Waals surface area contributed by atoms with E-state index in [4.69, 9.17) is 5.73 Å². The van der Waals surface area contributed by atoms with Crippen LogP contribution < -0.4 is 21.7 Å². The lowest BCUT2D eigenvalue weighted by molar-refractivity contribution is 0.0953. The monoisotopic (exact) mass is 251 g/mol. The van der Waals surface area contributed by atoms with Crippen molar-refractivity contribution in [2.24, 2.45) is 5.73 Å². The van der Waals surface area contributed by atoms with Gasteiger partial charge in [0.2, 0.25) is 0 Å². The van der Waals surface area contributed by atoms with E-state index < -0.39 is 6.03 Å². The molecule has 0 aliphatic carbocycles. The average Bonchev–Trinajstić information content (AvgIpc) is 2.33. The summed E-state index contributed by atoms with van der Waals surface area (Å²) in [4.78, 5) is 26.4. The Labute approximate surface area is 105 Å². The van der Waals surface area contributed by atoms with Crippen LogP contribution in [0.2, 0.25) is 0 Å². The molecule has 98 valence electrons. The van der Waals surface area contributed by atoms with Crippen molar-refractivity contribution in [2.45, 2.75) is 6.92 Å². The van der Waals surface area contributed by atoms with E-state index in [-0.39, 0.29) is 5.91 Å². The number of hydrogen-bond donors (Lipinski definition) is 4. The Morgan fingerprint density at radius 3 is 2.56 bits per heavy atom. The van der Waals surface area contributed by atoms with Gasteiger partial charge in [0, 0.05) is 31.4 Å². The molecule has 0 saturated heterocycles. The first-order valence-corrected chi connectivity index (χ1v) is 5.51. The van der Waals surface area contributed by atoms with E-state index in [1.54, 1.807) is 19.2 Å². The molecule has 3 amide bonds. The van der Waals surface area contributed by atoms with Crippen molar-refractivity contribution in [2.75, 3.05) is 25.5 Å². The molecule has 0 aromatic carbocycles. The zero-order valence-corrected chi connectivity index (χ0v) is 10.4. The van der Waals surface area contributed by atoms with Crippen LogP contribution in [0, 0.1) is 6.92 Å². The van der Waals surface area contributed by atoms with E-state index in [0.717, 1.165) is 5.69 Å². The highest BCUT2D eigenvalue weighted by Crippen LogP contribution is 2.09. The highest BCUT2D eigenvalue weighted by Gasteiger charge is 2.07. The molecule has 0 aliphatic rings. The molecule has 0 spiro atoms. The number of carbonyl (C=O) groups excluding carboxylic acids is 2. The third-order valence-electron chi connectivity index (χ3n) is 2.18. The van der Waals surface area contributed by atoms with Crippen molar-refractivity contribution in [3.05, 3.63) is 23.4 Å². The van der Waals surface area contributed by atoms with Gasteiger partial charge in [0.05, 0.1) is 0 Å². The normalized spacial score (nSPS) is 9.67. The molecule has 1 aromatic heterocycles. The van der Waals surface area contributed by atoms with Crippen molar-refractivity contribution < 1.29 is 9.59 Å².